The summed E-state index contributed by atoms with van der Waals surface area (Å²) in [5, 5.41) is 0. The van der Waals surface area contributed by atoms with Gasteiger partial charge in [0, 0.05) is 55.1 Å². The first-order chi connectivity index (χ1) is 2.83. The van der Waals surface area contributed by atoms with Crippen molar-refractivity contribution >= 4 is 19.8 Å². The molecular formula is C6H13Au2P2Y. The molecule has 0 rings (SSSR count). The molecule has 0 aliphatic rings. The molecule has 0 spiro atoms. The van der Waals surface area contributed by atoms with Crippen LogP contribution in [0.25, 0.3) is 0 Å². The van der Waals surface area contributed by atoms with Gasteiger partial charge in [0.15, 0.2) is 0 Å². The number of rotatable bonds is 0. The Hall–Kier alpha value is 2.56. The summed E-state index contributed by atoms with van der Waals surface area (Å²) in [4.78, 5) is 0. The maximum Gasteiger partial charge on any atom is 1.00 e. The normalized spacial score (nSPS) is 1.45. The van der Waals surface area contributed by atoms with E-state index in [1.807, 2.05) is 5.92 Å². The molecule has 0 aliphatic carbocycles. The van der Waals surface area contributed by atoms with Crippen molar-refractivity contribution in [2.24, 2.45) is 0 Å². The molecule has 0 aromatic carbocycles. The molecule has 0 nitrogen and oxygen atoms in total. The number of terminal acetylenes is 1. The van der Waals surface area contributed by atoms with E-state index in [4.69, 9.17) is 6.42 Å². The second-order valence-corrected chi connectivity index (χ2v) is 0.539. The summed E-state index contributed by atoms with van der Waals surface area (Å²) in [7, 11) is 0. The minimum atomic E-state index is 0. The fourth-order valence-corrected chi connectivity index (χ4v) is 0. The monoisotopic (exact) mass is 630 g/mol. The Balaban J connectivity index is -0.00000000400. The van der Waals surface area contributed by atoms with Gasteiger partial charge in [-0.2, -0.15) is 19.8 Å². The molecule has 0 bridgehead atoms. The zero-order valence-corrected chi connectivity index (χ0v) is 16.7. The molecule has 2 radical (unpaired) electrons. The third-order valence-electron chi connectivity index (χ3n) is 0. The van der Waals surface area contributed by atoms with Gasteiger partial charge in [-0.25, -0.2) is 0 Å². The minimum Gasteiger partial charge on any atom is -0.694 e. The summed E-state index contributed by atoms with van der Waals surface area (Å²) >= 11 is 0. The molecule has 5 heteroatoms. The molecule has 2 atom stereocenters. The SMILES string of the molecule is C#CC.P.P.[Au+].[Au].[C-]#CC.[Y]. The van der Waals surface area contributed by atoms with Crippen LogP contribution in [0.1, 0.15) is 13.8 Å². The van der Waals surface area contributed by atoms with E-state index < -0.39 is 0 Å². The molecule has 0 aromatic heterocycles. The quantitative estimate of drug-likeness (QED) is 0.164. The summed E-state index contributed by atoms with van der Waals surface area (Å²) in [6, 6.07) is 0. The molecule has 11 heavy (non-hydrogen) atoms. The van der Waals surface area contributed by atoms with Crippen LogP contribution in [0.15, 0.2) is 0 Å². The fraction of sp³-hybridized carbons (Fsp3) is 0.333. The van der Waals surface area contributed by atoms with Crippen molar-refractivity contribution < 1.29 is 77.5 Å². The van der Waals surface area contributed by atoms with Gasteiger partial charge in [0.1, 0.15) is 0 Å². The van der Waals surface area contributed by atoms with Crippen LogP contribution in [0.3, 0.4) is 0 Å². The van der Waals surface area contributed by atoms with Gasteiger partial charge in [-0.05, 0) is 13.8 Å². The van der Waals surface area contributed by atoms with Gasteiger partial charge < -0.3 is 12.3 Å². The Morgan fingerprint density at radius 1 is 1.18 bits per heavy atom. The van der Waals surface area contributed by atoms with Crippen LogP contribution in [0, 0.1) is 24.7 Å². The largest absolute Gasteiger partial charge is 1.00 e. The van der Waals surface area contributed by atoms with Crippen LogP contribution in [-0.2, 0) is 77.5 Å². The molecule has 0 fully saturated rings. The molecule has 0 saturated heterocycles. The van der Waals surface area contributed by atoms with Crippen LogP contribution < -0.4 is 0 Å². The average molecular weight is 630 g/mol. The predicted octanol–water partition coefficient (Wildman–Crippen LogP) is 1.34. The van der Waals surface area contributed by atoms with Gasteiger partial charge in [-0.3, -0.25) is 0 Å². The third-order valence-corrected chi connectivity index (χ3v) is 0. The Morgan fingerprint density at radius 3 is 1.18 bits per heavy atom. The van der Waals surface area contributed by atoms with E-state index in [1.54, 1.807) is 13.8 Å². The van der Waals surface area contributed by atoms with E-state index in [-0.39, 0.29) is 97.3 Å². The zero-order chi connectivity index (χ0) is 5.41. The number of hydrogen-bond donors (Lipinski definition) is 0. The van der Waals surface area contributed by atoms with E-state index in [1.165, 1.54) is 0 Å². The van der Waals surface area contributed by atoms with E-state index in [2.05, 4.69) is 12.3 Å². The van der Waals surface area contributed by atoms with Crippen molar-refractivity contribution in [1.82, 2.24) is 0 Å². The summed E-state index contributed by atoms with van der Waals surface area (Å²) in [5.41, 5.74) is 0. The van der Waals surface area contributed by atoms with E-state index in [9.17, 15) is 0 Å². The van der Waals surface area contributed by atoms with Gasteiger partial charge in [-0.1, -0.05) is 0 Å². The maximum absolute atomic E-state index is 5.96. The van der Waals surface area contributed by atoms with Crippen LogP contribution in [-0.4, -0.2) is 0 Å². The Labute approximate surface area is 134 Å². The maximum atomic E-state index is 5.96. The van der Waals surface area contributed by atoms with Gasteiger partial charge in [0.25, 0.3) is 0 Å². The second-order valence-electron chi connectivity index (χ2n) is 0.539. The average Bonchev–Trinajstić information content (AvgIpc) is 1.39. The summed E-state index contributed by atoms with van der Waals surface area (Å²) in [5.74, 6) is 4.25. The fourth-order valence-electron chi connectivity index (χ4n) is 0. The Morgan fingerprint density at radius 2 is 1.18 bits per heavy atom. The first-order valence-electron chi connectivity index (χ1n) is 1.54. The van der Waals surface area contributed by atoms with Crippen LogP contribution in [0.5, 0.6) is 0 Å². The third kappa shape index (κ3) is 213. The topological polar surface area (TPSA) is 0 Å². The van der Waals surface area contributed by atoms with Crippen molar-refractivity contribution in [2.45, 2.75) is 13.8 Å². The van der Waals surface area contributed by atoms with Crippen molar-refractivity contribution in [3.63, 3.8) is 0 Å². The molecule has 0 aromatic rings. The first-order valence-corrected chi connectivity index (χ1v) is 1.54. The van der Waals surface area contributed by atoms with Crippen LogP contribution in [0.4, 0.5) is 0 Å². The van der Waals surface area contributed by atoms with E-state index >= 15 is 0 Å². The molecule has 0 heterocycles. The molecule has 2 unspecified atom stereocenters. The Kier molecular flexibility index (Phi) is 364. The number of hydrogen-bond acceptors (Lipinski definition) is 0. The smallest absolute Gasteiger partial charge is 0.694 e. The standard InChI is InChI=1S/C3H4.C3H3.2Au.2H3P.Y/c2*1-3-2;;;;;/h1H,2H3;1H3;;;2*1H3;/q;-1;;+1;;;. The van der Waals surface area contributed by atoms with Gasteiger partial charge >= 0.3 is 22.4 Å². The van der Waals surface area contributed by atoms with Gasteiger partial charge in [0.05, 0.1) is 0 Å². The van der Waals surface area contributed by atoms with E-state index in [0.717, 1.165) is 0 Å². The summed E-state index contributed by atoms with van der Waals surface area (Å²) < 4.78 is 0. The van der Waals surface area contributed by atoms with Gasteiger partial charge in [-0.15, -0.1) is 12.3 Å². The Bertz CT molecular complexity index is 73.6. The minimum absolute atomic E-state index is 0. The molecular weight excluding hydrogens is 617 g/mol. The van der Waals surface area contributed by atoms with Crippen molar-refractivity contribution in [3.8, 4) is 18.3 Å². The van der Waals surface area contributed by atoms with Crippen LogP contribution >= 0.6 is 19.8 Å². The zero-order valence-electron chi connectivity index (χ0n) is 6.67. The second kappa shape index (κ2) is 80.7. The van der Waals surface area contributed by atoms with Gasteiger partial charge in [0.2, 0.25) is 0 Å². The van der Waals surface area contributed by atoms with E-state index in [0.29, 0.717) is 0 Å². The van der Waals surface area contributed by atoms with Crippen molar-refractivity contribution in [2.75, 3.05) is 0 Å². The molecule has 0 saturated carbocycles. The van der Waals surface area contributed by atoms with Crippen LogP contribution in [0.2, 0.25) is 0 Å². The summed E-state index contributed by atoms with van der Waals surface area (Å²) in [6.45, 7) is 3.19. The molecule has 72 valence electrons. The summed E-state index contributed by atoms with van der Waals surface area (Å²) in [6.07, 6.45) is 10.6. The first kappa shape index (κ1) is 49.7. The molecule has 0 N–H and O–H groups in total. The molecule has 0 aliphatic heterocycles. The van der Waals surface area contributed by atoms with Crippen molar-refractivity contribution in [1.29, 1.82) is 0 Å². The molecule has 0 amide bonds. The predicted molar refractivity (Wildman–Crippen MR) is 49.5 cm³/mol. The van der Waals surface area contributed by atoms with Crippen molar-refractivity contribution in [3.05, 3.63) is 6.42 Å².